The van der Waals surface area contributed by atoms with Crippen molar-refractivity contribution in [2.45, 2.75) is 6.54 Å². The van der Waals surface area contributed by atoms with Crippen molar-refractivity contribution in [3.05, 3.63) is 65.5 Å². The van der Waals surface area contributed by atoms with E-state index >= 15 is 0 Å². The van der Waals surface area contributed by atoms with E-state index < -0.39 is 5.82 Å². The van der Waals surface area contributed by atoms with E-state index in [0.717, 1.165) is 45.8 Å². The molecule has 2 aromatic rings. The molecular formula is C21H25FN4. The fraction of sp³-hybridized carbons (Fsp3) is 0.381. The van der Waals surface area contributed by atoms with Gasteiger partial charge in [0.05, 0.1) is 5.69 Å². The fourth-order valence-electron chi connectivity index (χ4n) is 3.39. The summed E-state index contributed by atoms with van der Waals surface area (Å²) in [6.45, 7) is 6.49. The van der Waals surface area contributed by atoms with Gasteiger partial charge in [-0.15, -0.1) is 0 Å². The zero-order valence-electron chi connectivity index (χ0n) is 15.2. The van der Waals surface area contributed by atoms with Crippen molar-refractivity contribution in [1.29, 1.82) is 5.26 Å². The first kappa shape index (κ1) is 18.4. The van der Waals surface area contributed by atoms with Crippen molar-refractivity contribution in [1.82, 2.24) is 9.80 Å². The third-order valence-corrected chi connectivity index (χ3v) is 4.91. The van der Waals surface area contributed by atoms with Crippen LogP contribution in [0.3, 0.4) is 0 Å². The molecule has 26 heavy (non-hydrogen) atoms. The molecule has 4 nitrogen and oxygen atoms in total. The van der Waals surface area contributed by atoms with E-state index in [4.69, 9.17) is 0 Å². The molecule has 0 bridgehead atoms. The summed E-state index contributed by atoms with van der Waals surface area (Å²) in [6, 6.07) is 17.4. The molecule has 1 aliphatic rings. The predicted octanol–water partition coefficient (Wildman–Crippen LogP) is 2.95. The van der Waals surface area contributed by atoms with Crippen molar-refractivity contribution in [2.24, 2.45) is 0 Å². The average Bonchev–Trinajstić information content (AvgIpc) is 2.67. The Kier molecular flexibility index (Phi) is 6.21. The number of rotatable bonds is 6. The number of hydrogen-bond acceptors (Lipinski definition) is 4. The number of nitriles is 1. The van der Waals surface area contributed by atoms with E-state index in [9.17, 15) is 9.65 Å². The summed E-state index contributed by atoms with van der Waals surface area (Å²) in [7, 11) is 2.15. The first-order valence-corrected chi connectivity index (χ1v) is 9.06. The molecule has 0 atom stereocenters. The molecule has 0 N–H and O–H groups in total. The monoisotopic (exact) mass is 352 g/mol. The Hall–Kier alpha value is -2.42. The van der Waals surface area contributed by atoms with Crippen LogP contribution in [0, 0.1) is 17.1 Å². The van der Waals surface area contributed by atoms with Crippen LogP contribution < -0.4 is 4.90 Å². The normalized spacial score (nSPS) is 15.2. The van der Waals surface area contributed by atoms with Gasteiger partial charge in [0.15, 0.2) is 0 Å². The van der Waals surface area contributed by atoms with E-state index in [1.807, 2.05) is 18.2 Å². The van der Waals surface area contributed by atoms with Crippen LogP contribution in [-0.4, -0.2) is 56.1 Å². The predicted molar refractivity (Wildman–Crippen MR) is 103 cm³/mol. The summed E-state index contributed by atoms with van der Waals surface area (Å²) in [5.74, 6) is -0.435. The van der Waals surface area contributed by atoms with Gasteiger partial charge in [-0.3, -0.25) is 4.90 Å². The lowest BCUT2D eigenvalue weighted by Gasteiger charge is -2.37. The molecule has 1 heterocycles. The maximum absolute atomic E-state index is 13.8. The molecule has 3 rings (SSSR count). The zero-order valence-corrected chi connectivity index (χ0v) is 15.2. The molecule has 5 heteroatoms. The Morgan fingerprint density at radius 3 is 2.46 bits per heavy atom. The number of hydrogen-bond donors (Lipinski definition) is 0. The summed E-state index contributed by atoms with van der Waals surface area (Å²) in [6.07, 6.45) is 0. The first-order chi connectivity index (χ1) is 12.7. The van der Waals surface area contributed by atoms with Crippen molar-refractivity contribution < 1.29 is 4.39 Å². The second-order valence-corrected chi connectivity index (χ2v) is 6.80. The lowest BCUT2D eigenvalue weighted by molar-refractivity contribution is 0.212. The second kappa shape index (κ2) is 8.79. The van der Waals surface area contributed by atoms with Crippen LogP contribution in [0.5, 0.6) is 0 Å². The summed E-state index contributed by atoms with van der Waals surface area (Å²) < 4.78 is 13.8. The van der Waals surface area contributed by atoms with Crippen molar-refractivity contribution in [3.8, 4) is 6.07 Å². The molecule has 0 saturated carbocycles. The molecule has 0 spiro atoms. The van der Waals surface area contributed by atoms with Gasteiger partial charge in [-0.2, -0.15) is 5.26 Å². The SMILES string of the molecule is CN(CCN1CCN(c2cccc(F)c2C#N)CC1)Cc1ccccc1. The quantitative estimate of drug-likeness (QED) is 0.800. The Bertz CT molecular complexity index is 748. The first-order valence-electron chi connectivity index (χ1n) is 9.06. The summed E-state index contributed by atoms with van der Waals surface area (Å²) in [5.41, 5.74) is 2.20. The van der Waals surface area contributed by atoms with Crippen molar-refractivity contribution >= 4 is 5.69 Å². The van der Waals surface area contributed by atoms with Crippen molar-refractivity contribution in [2.75, 3.05) is 51.2 Å². The lowest BCUT2D eigenvalue weighted by Crippen LogP contribution is -2.48. The van der Waals surface area contributed by atoms with Crippen LogP contribution in [0.4, 0.5) is 10.1 Å². The molecule has 0 radical (unpaired) electrons. The van der Waals surface area contributed by atoms with E-state index in [2.05, 4.69) is 46.0 Å². The van der Waals surface area contributed by atoms with Crippen molar-refractivity contribution in [3.63, 3.8) is 0 Å². The van der Waals surface area contributed by atoms with Crippen LogP contribution in [0.1, 0.15) is 11.1 Å². The van der Waals surface area contributed by atoms with E-state index in [1.54, 1.807) is 6.07 Å². The van der Waals surface area contributed by atoms with E-state index in [1.165, 1.54) is 11.6 Å². The summed E-state index contributed by atoms with van der Waals surface area (Å²) in [4.78, 5) is 6.89. The molecule has 1 fully saturated rings. The minimum absolute atomic E-state index is 0.156. The maximum atomic E-state index is 13.8. The van der Waals surface area contributed by atoms with Gasteiger partial charge in [0.2, 0.25) is 0 Å². The zero-order chi connectivity index (χ0) is 18.4. The molecule has 0 aromatic heterocycles. The highest BCUT2D eigenvalue weighted by molar-refractivity contribution is 5.60. The van der Waals surface area contributed by atoms with Gasteiger partial charge in [-0.25, -0.2) is 4.39 Å². The minimum atomic E-state index is -0.435. The van der Waals surface area contributed by atoms with Gasteiger partial charge in [0.1, 0.15) is 17.4 Å². The molecule has 136 valence electrons. The standard InChI is InChI=1S/C21H25FN4/c1-24(17-18-6-3-2-4-7-18)10-11-25-12-14-26(15-13-25)21-9-5-8-20(22)19(21)16-23/h2-9H,10-15,17H2,1H3. The number of likely N-dealkylation sites (N-methyl/N-ethyl adjacent to an activating group) is 1. The van der Waals surface area contributed by atoms with Crippen LogP contribution in [0.25, 0.3) is 0 Å². The number of benzene rings is 2. The molecular weight excluding hydrogens is 327 g/mol. The van der Waals surface area contributed by atoms with E-state index in [0.29, 0.717) is 5.69 Å². The topological polar surface area (TPSA) is 33.5 Å². The third-order valence-electron chi connectivity index (χ3n) is 4.91. The fourth-order valence-corrected chi connectivity index (χ4v) is 3.39. The van der Waals surface area contributed by atoms with Gasteiger partial charge in [0, 0.05) is 45.8 Å². The average molecular weight is 352 g/mol. The number of anilines is 1. The van der Waals surface area contributed by atoms with Gasteiger partial charge < -0.3 is 9.80 Å². The Balaban J connectivity index is 1.47. The van der Waals surface area contributed by atoms with Crippen LogP contribution >= 0.6 is 0 Å². The highest BCUT2D eigenvalue weighted by Gasteiger charge is 2.20. The molecule has 1 saturated heterocycles. The molecule has 1 aliphatic heterocycles. The van der Waals surface area contributed by atoms with E-state index in [-0.39, 0.29) is 5.56 Å². The Labute approximate surface area is 155 Å². The Morgan fingerprint density at radius 1 is 1.04 bits per heavy atom. The van der Waals surface area contributed by atoms with Gasteiger partial charge in [-0.1, -0.05) is 36.4 Å². The molecule has 0 aliphatic carbocycles. The van der Waals surface area contributed by atoms with Gasteiger partial charge >= 0.3 is 0 Å². The van der Waals surface area contributed by atoms with Crippen LogP contribution in [-0.2, 0) is 6.54 Å². The maximum Gasteiger partial charge on any atom is 0.143 e. The van der Waals surface area contributed by atoms with Crippen LogP contribution in [0.15, 0.2) is 48.5 Å². The summed E-state index contributed by atoms with van der Waals surface area (Å²) >= 11 is 0. The molecule has 0 amide bonds. The lowest BCUT2D eigenvalue weighted by atomic mass is 10.1. The molecule has 0 unspecified atom stereocenters. The third kappa shape index (κ3) is 4.60. The largest absolute Gasteiger partial charge is 0.368 e. The van der Waals surface area contributed by atoms with Gasteiger partial charge in [-0.05, 0) is 24.7 Å². The highest BCUT2D eigenvalue weighted by Crippen LogP contribution is 2.23. The summed E-state index contributed by atoms with van der Waals surface area (Å²) in [5, 5.41) is 9.22. The number of piperazine rings is 1. The highest BCUT2D eigenvalue weighted by atomic mass is 19.1. The van der Waals surface area contributed by atoms with Crippen LogP contribution in [0.2, 0.25) is 0 Å². The number of halogens is 1. The second-order valence-electron chi connectivity index (χ2n) is 6.80. The molecule has 2 aromatic carbocycles. The Morgan fingerprint density at radius 2 is 1.77 bits per heavy atom. The van der Waals surface area contributed by atoms with Gasteiger partial charge in [0.25, 0.3) is 0 Å². The minimum Gasteiger partial charge on any atom is -0.368 e. The smallest absolute Gasteiger partial charge is 0.143 e. The number of nitrogens with zero attached hydrogens (tertiary/aromatic N) is 4.